The Balaban J connectivity index is 1.23. The van der Waals surface area contributed by atoms with Crippen LogP contribution in [0.1, 0.15) is 22.3 Å². The number of aromatic nitrogens is 1. The SMILES string of the molecule is O=C1CN(CCN2CCOCC2)Cc2cc(C=CC(=O)N3CCc4ccccc4C3)cnc2N1. The van der Waals surface area contributed by atoms with E-state index in [0.29, 0.717) is 25.5 Å². The third-order valence-electron chi connectivity index (χ3n) is 6.70. The number of ether oxygens (including phenoxy) is 1. The molecule has 0 radical (unpaired) electrons. The van der Waals surface area contributed by atoms with Crippen molar-refractivity contribution in [3.8, 4) is 0 Å². The molecule has 4 heterocycles. The summed E-state index contributed by atoms with van der Waals surface area (Å²) in [7, 11) is 0. The van der Waals surface area contributed by atoms with E-state index in [-0.39, 0.29) is 11.8 Å². The first-order valence-electron chi connectivity index (χ1n) is 12.0. The maximum absolute atomic E-state index is 12.8. The van der Waals surface area contributed by atoms with E-state index in [0.717, 1.165) is 63.5 Å². The van der Waals surface area contributed by atoms with Crippen LogP contribution in [-0.4, -0.2) is 84.0 Å². The maximum Gasteiger partial charge on any atom is 0.246 e. The molecule has 178 valence electrons. The van der Waals surface area contributed by atoms with Crippen LogP contribution in [0.3, 0.4) is 0 Å². The van der Waals surface area contributed by atoms with Crippen LogP contribution in [0.25, 0.3) is 6.08 Å². The highest BCUT2D eigenvalue weighted by Crippen LogP contribution is 2.21. The molecule has 1 aromatic carbocycles. The summed E-state index contributed by atoms with van der Waals surface area (Å²) in [6.07, 6.45) is 6.04. The monoisotopic (exact) mass is 461 g/mol. The third-order valence-corrected chi connectivity index (χ3v) is 6.70. The Bertz CT molecular complexity index is 1080. The lowest BCUT2D eigenvalue weighted by Crippen LogP contribution is -2.42. The van der Waals surface area contributed by atoms with Gasteiger partial charge in [-0.1, -0.05) is 24.3 Å². The standard InChI is InChI=1S/C26H31N5O3/c32-24-19-30(10-9-29-11-13-34-14-12-29)17-23-15-20(16-27-26(23)28-24)5-6-25(33)31-8-7-21-3-1-2-4-22(21)18-31/h1-6,15-16H,7-14,17-19H2,(H,27,28,32). The third kappa shape index (κ3) is 5.52. The molecule has 2 amide bonds. The van der Waals surface area contributed by atoms with Gasteiger partial charge in [-0.25, -0.2) is 4.98 Å². The van der Waals surface area contributed by atoms with Crippen LogP contribution in [-0.2, 0) is 33.8 Å². The van der Waals surface area contributed by atoms with Crippen LogP contribution >= 0.6 is 0 Å². The van der Waals surface area contributed by atoms with E-state index in [1.807, 2.05) is 29.2 Å². The number of nitrogens with one attached hydrogen (secondary N) is 1. The Labute approximate surface area is 200 Å². The molecule has 1 aromatic heterocycles. The molecular weight excluding hydrogens is 430 g/mol. The van der Waals surface area contributed by atoms with Crippen LogP contribution < -0.4 is 5.32 Å². The minimum Gasteiger partial charge on any atom is -0.379 e. The molecule has 8 nitrogen and oxygen atoms in total. The number of hydrogen-bond donors (Lipinski definition) is 1. The van der Waals surface area contributed by atoms with Gasteiger partial charge in [0.05, 0.1) is 19.8 Å². The Morgan fingerprint density at radius 2 is 1.79 bits per heavy atom. The molecule has 3 aliphatic heterocycles. The van der Waals surface area contributed by atoms with Gasteiger partial charge in [0.15, 0.2) is 0 Å². The number of morpholine rings is 1. The Morgan fingerprint density at radius 1 is 1.00 bits per heavy atom. The second kappa shape index (κ2) is 10.5. The Hall–Kier alpha value is -3.07. The molecule has 5 rings (SSSR count). The lowest BCUT2D eigenvalue weighted by Gasteiger charge is -2.29. The average molecular weight is 462 g/mol. The number of amides is 2. The number of carbonyl (C=O) groups excluding carboxylic acids is 2. The maximum atomic E-state index is 12.8. The number of nitrogens with zero attached hydrogens (tertiary/aromatic N) is 4. The molecule has 0 spiro atoms. The van der Waals surface area contributed by atoms with Crippen molar-refractivity contribution in [2.45, 2.75) is 19.5 Å². The molecule has 1 fully saturated rings. The van der Waals surface area contributed by atoms with Crippen molar-refractivity contribution in [1.82, 2.24) is 19.7 Å². The van der Waals surface area contributed by atoms with Gasteiger partial charge in [-0.15, -0.1) is 0 Å². The first-order chi connectivity index (χ1) is 16.6. The molecule has 2 aromatic rings. The first-order valence-corrected chi connectivity index (χ1v) is 12.0. The van der Waals surface area contributed by atoms with Crippen molar-refractivity contribution in [2.24, 2.45) is 0 Å². The van der Waals surface area contributed by atoms with E-state index in [2.05, 4.69) is 32.2 Å². The summed E-state index contributed by atoms with van der Waals surface area (Å²) in [5, 5.41) is 2.92. The predicted octanol–water partition coefficient (Wildman–Crippen LogP) is 1.77. The highest BCUT2D eigenvalue weighted by atomic mass is 16.5. The number of carbonyl (C=O) groups is 2. The van der Waals surface area contributed by atoms with Crippen LogP contribution in [0.4, 0.5) is 5.82 Å². The van der Waals surface area contributed by atoms with Gasteiger partial charge in [0.25, 0.3) is 0 Å². The topological polar surface area (TPSA) is 78.0 Å². The molecule has 0 aliphatic carbocycles. The first kappa shape index (κ1) is 22.7. The van der Waals surface area contributed by atoms with Crippen molar-refractivity contribution in [3.63, 3.8) is 0 Å². The lowest BCUT2D eigenvalue weighted by atomic mass is 10.00. The number of hydrogen-bond acceptors (Lipinski definition) is 6. The number of pyridine rings is 1. The lowest BCUT2D eigenvalue weighted by molar-refractivity contribution is -0.126. The molecule has 0 bridgehead atoms. The Morgan fingerprint density at radius 3 is 2.65 bits per heavy atom. The predicted molar refractivity (Wildman–Crippen MR) is 130 cm³/mol. The molecule has 34 heavy (non-hydrogen) atoms. The molecule has 0 unspecified atom stereocenters. The smallest absolute Gasteiger partial charge is 0.246 e. The van der Waals surface area contributed by atoms with Crippen LogP contribution in [0, 0.1) is 0 Å². The zero-order chi connectivity index (χ0) is 23.3. The van der Waals surface area contributed by atoms with Gasteiger partial charge in [-0.2, -0.15) is 0 Å². The molecule has 8 heteroatoms. The molecule has 3 aliphatic rings. The number of rotatable bonds is 5. The summed E-state index contributed by atoms with van der Waals surface area (Å²) < 4.78 is 5.42. The van der Waals surface area contributed by atoms with Crippen LogP contribution in [0.5, 0.6) is 0 Å². The minimum absolute atomic E-state index is 0.00452. The largest absolute Gasteiger partial charge is 0.379 e. The number of fused-ring (bicyclic) bond motifs is 2. The number of anilines is 1. The van der Waals surface area contributed by atoms with E-state index in [1.54, 1.807) is 12.3 Å². The second-order valence-electron chi connectivity index (χ2n) is 9.10. The van der Waals surface area contributed by atoms with E-state index in [1.165, 1.54) is 11.1 Å². The van der Waals surface area contributed by atoms with Gasteiger partial charge in [0.2, 0.25) is 11.8 Å². The van der Waals surface area contributed by atoms with Gasteiger partial charge in [0, 0.05) is 63.6 Å². The van der Waals surface area contributed by atoms with Gasteiger partial charge in [-0.05, 0) is 35.3 Å². The van der Waals surface area contributed by atoms with E-state index >= 15 is 0 Å². The molecule has 1 saturated heterocycles. The van der Waals surface area contributed by atoms with Gasteiger partial charge in [0.1, 0.15) is 5.82 Å². The van der Waals surface area contributed by atoms with Crippen molar-refractivity contribution in [3.05, 3.63) is 64.9 Å². The Kier molecular flexibility index (Phi) is 6.99. The van der Waals surface area contributed by atoms with E-state index in [9.17, 15) is 9.59 Å². The van der Waals surface area contributed by atoms with Crippen molar-refractivity contribution in [1.29, 1.82) is 0 Å². The van der Waals surface area contributed by atoms with Gasteiger partial charge < -0.3 is 15.0 Å². The quantitative estimate of drug-likeness (QED) is 0.684. The molecule has 0 saturated carbocycles. The fourth-order valence-electron chi connectivity index (χ4n) is 4.75. The fourth-order valence-corrected chi connectivity index (χ4v) is 4.75. The zero-order valence-corrected chi connectivity index (χ0v) is 19.4. The van der Waals surface area contributed by atoms with Crippen LogP contribution in [0.15, 0.2) is 42.6 Å². The van der Waals surface area contributed by atoms with Crippen molar-refractivity contribution in [2.75, 3.05) is 57.8 Å². The summed E-state index contributed by atoms with van der Waals surface area (Å²) in [5.41, 5.74) is 4.36. The highest BCUT2D eigenvalue weighted by Gasteiger charge is 2.22. The fraction of sp³-hybridized carbons (Fsp3) is 0.423. The molecule has 0 atom stereocenters. The zero-order valence-electron chi connectivity index (χ0n) is 19.4. The van der Waals surface area contributed by atoms with E-state index in [4.69, 9.17) is 4.74 Å². The molecular formula is C26H31N5O3. The summed E-state index contributed by atoms with van der Waals surface area (Å²) in [4.78, 5) is 36.1. The normalized spacial score (nSPS) is 19.4. The summed E-state index contributed by atoms with van der Waals surface area (Å²) in [6.45, 7) is 7.49. The summed E-state index contributed by atoms with van der Waals surface area (Å²) in [5.74, 6) is 0.567. The summed E-state index contributed by atoms with van der Waals surface area (Å²) in [6, 6.07) is 10.3. The average Bonchev–Trinajstić information content (AvgIpc) is 3.03. The highest BCUT2D eigenvalue weighted by molar-refractivity contribution is 5.93. The minimum atomic E-state index is -0.0444. The second-order valence-corrected chi connectivity index (χ2v) is 9.10. The van der Waals surface area contributed by atoms with Crippen molar-refractivity contribution < 1.29 is 14.3 Å². The molecule has 1 N–H and O–H groups in total. The summed E-state index contributed by atoms with van der Waals surface area (Å²) >= 11 is 0. The van der Waals surface area contributed by atoms with Gasteiger partial charge >= 0.3 is 0 Å². The van der Waals surface area contributed by atoms with Gasteiger partial charge in [-0.3, -0.25) is 19.4 Å². The van der Waals surface area contributed by atoms with Crippen molar-refractivity contribution >= 4 is 23.7 Å². The van der Waals surface area contributed by atoms with E-state index < -0.39 is 0 Å². The van der Waals surface area contributed by atoms with Crippen LogP contribution in [0.2, 0.25) is 0 Å². The number of benzene rings is 1.